The predicted molar refractivity (Wildman–Crippen MR) is 124 cm³/mol. The highest BCUT2D eigenvalue weighted by Gasteiger charge is 2.33. The number of carbonyl (C=O) groups is 1. The molecule has 0 unspecified atom stereocenters. The summed E-state index contributed by atoms with van der Waals surface area (Å²) in [7, 11) is 0. The molecule has 4 rings (SSSR count). The van der Waals surface area contributed by atoms with E-state index in [9.17, 15) is 9.90 Å². The molecule has 3 aromatic rings. The first-order valence-electron chi connectivity index (χ1n) is 9.90. The number of fused-ring (bicyclic) bond motifs is 1. The van der Waals surface area contributed by atoms with Gasteiger partial charge in [-0.05, 0) is 54.6 Å². The second kappa shape index (κ2) is 8.84. The molecule has 9 heteroatoms. The van der Waals surface area contributed by atoms with Crippen LogP contribution < -0.4 is 11.5 Å². The van der Waals surface area contributed by atoms with Gasteiger partial charge in [0.15, 0.2) is 0 Å². The number of aliphatic hydroxyl groups excluding tert-OH is 1. The maximum atomic E-state index is 12.3. The third kappa shape index (κ3) is 4.21. The second-order valence-electron chi connectivity index (χ2n) is 7.81. The summed E-state index contributed by atoms with van der Waals surface area (Å²) < 4.78 is 0. The van der Waals surface area contributed by atoms with E-state index in [1.807, 2.05) is 19.1 Å². The first kappa shape index (κ1) is 22.2. The molecule has 1 amide bonds. The number of aromatic nitrogens is 2. The number of carbonyl (C=O) groups excluding carboxylic acids is 1. The lowest BCUT2D eigenvalue weighted by Gasteiger charge is -2.16. The Balaban J connectivity index is 1.77. The number of hydrogen-bond donors (Lipinski definition) is 3. The van der Waals surface area contributed by atoms with Gasteiger partial charge < -0.3 is 16.6 Å². The van der Waals surface area contributed by atoms with Gasteiger partial charge in [-0.2, -0.15) is 0 Å². The molecule has 0 aliphatic heterocycles. The van der Waals surface area contributed by atoms with E-state index in [2.05, 4.69) is 9.97 Å². The lowest BCUT2D eigenvalue weighted by Crippen LogP contribution is -2.19. The summed E-state index contributed by atoms with van der Waals surface area (Å²) in [6.45, 7) is 2.35. The molecule has 0 fully saturated rings. The average Bonchev–Trinajstić information content (AvgIpc) is 3.29. The Morgan fingerprint density at radius 1 is 1.32 bits per heavy atom. The zero-order valence-corrected chi connectivity index (χ0v) is 19.1. The third-order valence-electron chi connectivity index (χ3n) is 5.72. The Kier molecular flexibility index (Phi) is 6.32. The summed E-state index contributed by atoms with van der Waals surface area (Å²) in [6.07, 6.45) is 1.99. The van der Waals surface area contributed by atoms with Crippen molar-refractivity contribution in [3.63, 3.8) is 0 Å². The van der Waals surface area contributed by atoms with Gasteiger partial charge in [-0.3, -0.25) is 4.79 Å². The Hall–Kier alpha value is -2.03. The highest BCUT2D eigenvalue weighted by molar-refractivity contribution is 7.17. The Labute approximate surface area is 194 Å². The number of nitrogens with two attached hydrogens (primary N) is 2. The minimum Gasteiger partial charge on any atom is -0.387 e. The van der Waals surface area contributed by atoms with Crippen molar-refractivity contribution in [2.24, 2.45) is 11.5 Å². The lowest BCUT2D eigenvalue weighted by molar-refractivity contribution is 0.100. The molecule has 1 aliphatic rings. The predicted octanol–water partition coefficient (Wildman–Crippen LogP) is 4.44. The monoisotopic (exact) mass is 476 g/mol. The summed E-state index contributed by atoms with van der Waals surface area (Å²) in [6, 6.07) is 7.27. The molecule has 31 heavy (non-hydrogen) atoms. The van der Waals surface area contributed by atoms with Crippen LogP contribution in [-0.4, -0.2) is 27.5 Å². The molecular weight excluding hydrogens is 455 g/mol. The summed E-state index contributed by atoms with van der Waals surface area (Å²) in [4.78, 5) is 22.3. The third-order valence-corrected chi connectivity index (χ3v) is 7.48. The van der Waals surface area contributed by atoms with E-state index in [0.717, 1.165) is 27.3 Å². The second-order valence-corrected chi connectivity index (χ2v) is 9.70. The van der Waals surface area contributed by atoms with Crippen molar-refractivity contribution >= 4 is 40.4 Å². The van der Waals surface area contributed by atoms with Gasteiger partial charge in [0.2, 0.25) is 0 Å². The Bertz CT molecular complexity index is 1150. The Morgan fingerprint density at radius 3 is 2.77 bits per heavy atom. The number of benzene rings is 1. The molecular formula is C22H22Cl2N4O2S. The van der Waals surface area contributed by atoms with Crippen molar-refractivity contribution < 1.29 is 9.90 Å². The molecule has 162 valence electrons. The number of halogens is 2. The van der Waals surface area contributed by atoms with Gasteiger partial charge in [0, 0.05) is 21.5 Å². The smallest absolute Gasteiger partial charge is 0.259 e. The minimum absolute atomic E-state index is 0.113. The van der Waals surface area contributed by atoms with Crippen molar-refractivity contribution in [2.75, 3.05) is 6.54 Å². The highest BCUT2D eigenvalue weighted by Crippen LogP contribution is 2.45. The standard InChI is InChI=1S/C22H22Cl2N4O2S/c1-10-4-16(29)19-18(10)20(28-9-27-19)17-7-14(21(31-17)22(26)30)12(8-25)5-11-2-3-13(23)6-15(11)24/h2-3,6-7,9-10,12,16,29H,4-5,8,25H2,1H3,(H2,26,30)/t10-,12-,16-/m1/s1. The van der Waals surface area contributed by atoms with Gasteiger partial charge in [-0.1, -0.05) is 36.2 Å². The van der Waals surface area contributed by atoms with Gasteiger partial charge in [-0.25, -0.2) is 9.97 Å². The quantitative estimate of drug-likeness (QED) is 0.486. The molecule has 6 nitrogen and oxygen atoms in total. The van der Waals surface area contributed by atoms with Gasteiger partial charge >= 0.3 is 0 Å². The molecule has 1 aliphatic carbocycles. The van der Waals surface area contributed by atoms with Crippen LogP contribution in [0.5, 0.6) is 0 Å². The summed E-state index contributed by atoms with van der Waals surface area (Å²) in [5.41, 5.74) is 15.8. The van der Waals surface area contributed by atoms with Crippen LogP contribution in [0.4, 0.5) is 0 Å². The molecule has 1 aromatic carbocycles. The number of thiophene rings is 1. The van der Waals surface area contributed by atoms with E-state index < -0.39 is 12.0 Å². The maximum absolute atomic E-state index is 12.3. The van der Waals surface area contributed by atoms with E-state index in [-0.39, 0.29) is 11.8 Å². The van der Waals surface area contributed by atoms with E-state index in [1.165, 1.54) is 17.7 Å². The number of amides is 1. The van der Waals surface area contributed by atoms with E-state index >= 15 is 0 Å². The van der Waals surface area contributed by atoms with Gasteiger partial charge in [0.1, 0.15) is 6.33 Å². The SMILES string of the molecule is C[C@@H]1C[C@@H](O)c2ncnc(-c3cc([C@@H](CN)Cc4ccc(Cl)cc4Cl)c(C(N)=O)s3)c21. The van der Waals surface area contributed by atoms with Crippen LogP contribution in [0.1, 0.15) is 63.3 Å². The molecule has 3 atom stereocenters. The van der Waals surface area contributed by atoms with Crippen LogP contribution in [0, 0.1) is 0 Å². The van der Waals surface area contributed by atoms with Crippen molar-refractivity contribution in [1.82, 2.24) is 9.97 Å². The molecule has 2 heterocycles. The minimum atomic E-state index is -0.606. The fraction of sp³-hybridized carbons (Fsp3) is 0.318. The van der Waals surface area contributed by atoms with Crippen molar-refractivity contribution in [2.45, 2.75) is 37.7 Å². The van der Waals surface area contributed by atoms with Crippen molar-refractivity contribution in [1.29, 1.82) is 0 Å². The summed E-state index contributed by atoms with van der Waals surface area (Å²) in [5, 5.41) is 11.4. The lowest BCUT2D eigenvalue weighted by atomic mass is 9.91. The molecule has 2 aromatic heterocycles. The van der Waals surface area contributed by atoms with Crippen molar-refractivity contribution in [3.05, 3.63) is 67.9 Å². The number of primary amides is 1. The Morgan fingerprint density at radius 2 is 2.10 bits per heavy atom. The molecule has 0 saturated carbocycles. The van der Waals surface area contributed by atoms with Gasteiger partial charge in [-0.15, -0.1) is 11.3 Å². The molecule has 0 spiro atoms. The van der Waals surface area contributed by atoms with Crippen LogP contribution in [0.2, 0.25) is 10.0 Å². The largest absolute Gasteiger partial charge is 0.387 e. The van der Waals surface area contributed by atoms with Crippen LogP contribution in [0.3, 0.4) is 0 Å². The normalized spacial score (nSPS) is 18.7. The molecule has 5 N–H and O–H groups in total. The molecule has 0 radical (unpaired) electrons. The number of rotatable bonds is 6. The topological polar surface area (TPSA) is 115 Å². The van der Waals surface area contributed by atoms with E-state index in [1.54, 1.807) is 12.1 Å². The van der Waals surface area contributed by atoms with Crippen molar-refractivity contribution in [3.8, 4) is 10.6 Å². The average molecular weight is 477 g/mol. The molecule has 0 saturated heterocycles. The first-order chi connectivity index (χ1) is 14.8. The number of aliphatic hydroxyl groups is 1. The van der Waals surface area contributed by atoms with Gasteiger partial charge in [0.05, 0.1) is 27.2 Å². The fourth-order valence-corrected chi connectivity index (χ4v) is 5.81. The summed E-state index contributed by atoms with van der Waals surface area (Å²) >= 11 is 13.7. The number of hydrogen-bond acceptors (Lipinski definition) is 6. The van der Waals surface area contributed by atoms with Crippen LogP contribution in [0.25, 0.3) is 10.6 Å². The van der Waals surface area contributed by atoms with Crippen LogP contribution in [-0.2, 0) is 6.42 Å². The zero-order valence-electron chi connectivity index (χ0n) is 16.8. The first-order valence-corrected chi connectivity index (χ1v) is 11.5. The van der Waals surface area contributed by atoms with E-state index in [0.29, 0.717) is 40.0 Å². The van der Waals surface area contributed by atoms with E-state index in [4.69, 9.17) is 34.7 Å². The van der Waals surface area contributed by atoms with Gasteiger partial charge in [0.25, 0.3) is 5.91 Å². The zero-order chi connectivity index (χ0) is 22.3. The maximum Gasteiger partial charge on any atom is 0.259 e. The number of nitrogens with zero attached hydrogens (tertiary/aromatic N) is 2. The summed E-state index contributed by atoms with van der Waals surface area (Å²) in [5.74, 6) is -0.559. The van der Waals surface area contributed by atoms with Crippen LogP contribution >= 0.6 is 34.5 Å². The highest BCUT2D eigenvalue weighted by atomic mass is 35.5. The van der Waals surface area contributed by atoms with Crippen LogP contribution in [0.15, 0.2) is 30.6 Å². The fourth-order valence-electron chi connectivity index (χ4n) is 4.21. The molecule has 0 bridgehead atoms.